The van der Waals surface area contributed by atoms with Crippen LogP contribution in [-0.4, -0.2) is 51.4 Å². The molecule has 1 atom stereocenters. The first-order valence-corrected chi connectivity index (χ1v) is 5.51. The van der Waals surface area contributed by atoms with E-state index < -0.39 is 10.4 Å². The summed E-state index contributed by atoms with van der Waals surface area (Å²) in [5.41, 5.74) is 5.54. The van der Waals surface area contributed by atoms with Crippen LogP contribution in [0.2, 0.25) is 0 Å². The predicted octanol–water partition coefficient (Wildman–Crippen LogP) is -0.520. The summed E-state index contributed by atoms with van der Waals surface area (Å²) in [5, 5.41) is 0. The average molecular weight is 228 g/mol. The maximum absolute atomic E-state index is 9.45. The highest BCUT2D eigenvalue weighted by atomic mass is 32.3. The van der Waals surface area contributed by atoms with Crippen LogP contribution in [0.25, 0.3) is 0 Å². The Balaban J connectivity index is 0. The number of nitrogens with zero attached hydrogens (tertiary/aromatic N) is 1. The largest absolute Gasteiger partial charge is 0.726 e. The van der Waals surface area contributed by atoms with Gasteiger partial charge in [0.2, 0.25) is 10.4 Å². The van der Waals surface area contributed by atoms with Crippen LogP contribution in [0.4, 0.5) is 0 Å². The van der Waals surface area contributed by atoms with E-state index in [0.29, 0.717) is 0 Å². The zero-order chi connectivity index (χ0) is 12.0. The van der Waals surface area contributed by atoms with E-state index in [-0.39, 0.29) is 12.8 Å². The molecule has 2 N–H and O–H groups in total. The molecule has 0 heterocycles. The Kier molecular flexibility index (Phi) is 7.31. The minimum Gasteiger partial charge on any atom is -0.726 e. The van der Waals surface area contributed by atoms with E-state index in [2.05, 4.69) is 25.3 Å². The van der Waals surface area contributed by atoms with Crippen LogP contribution in [0.1, 0.15) is 13.8 Å². The van der Waals surface area contributed by atoms with Crippen LogP contribution >= 0.6 is 0 Å². The van der Waals surface area contributed by atoms with Gasteiger partial charge in [-0.15, -0.1) is 0 Å². The molecule has 7 heteroatoms. The van der Waals surface area contributed by atoms with Crippen molar-refractivity contribution in [2.24, 2.45) is 5.73 Å². The third-order valence-electron chi connectivity index (χ3n) is 1.48. The van der Waals surface area contributed by atoms with Gasteiger partial charge in [0.1, 0.15) is 6.17 Å². The van der Waals surface area contributed by atoms with Crippen molar-refractivity contribution >= 4 is 10.4 Å². The fourth-order valence-electron chi connectivity index (χ4n) is 0.144. The summed E-state index contributed by atoms with van der Waals surface area (Å²) >= 11 is 0. The van der Waals surface area contributed by atoms with E-state index >= 15 is 0 Å². The van der Waals surface area contributed by atoms with E-state index in [0.717, 1.165) is 4.48 Å². The molecular formula is C7H20N2O4S. The summed E-state index contributed by atoms with van der Waals surface area (Å²) in [6, 6.07) is 0. The molecule has 14 heavy (non-hydrogen) atoms. The third kappa shape index (κ3) is 14.3. The molecule has 0 amide bonds. The standard InChI is InChI=1S/C5H15N2.C2H6O4S/c1-5(6)7(2,3)4;1-2-6-7(3,4)5/h5H,6H2,1-4H3;2H2,1H3,(H,3,4,5)/q+1;/p-1. The third-order valence-corrected chi connectivity index (χ3v) is 2.01. The quantitative estimate of drug-likeness (QED) is 0.304. The zero-order valence-corrected chi connectivity index (χ0v) is 10.2. The Morgan fingerprint density at radius 1 is 1.43 bits per heavy atom. The number of quaternary nitrogens is 1. The molecular weight excluding hydrogens is 208 g/mol. The summed E-state index contributed by atoms with van der Waals surface area (Å²) < 4.78 is 32.8. The lowest BCUT2D eigenvalue weighted by Crippen LogP contribution is -2.48. The molecule has 0 fully saturated rings. The molecule has 0 aliphatic heterocycles. The maximum Gasteiger partial charge on any atom is 0.217 e. The van der Waals surface area contributed by atoms with Crippen molar-refractivity contribution in [1.82, 2.24) is 0 Å². The molecule has 0 saturated carbocycles. The second kappa shape index (κ2) is 6.31. The van der Waals surface area contributed by atoms with Crippen molar-refractivity contribution in [2.45, 2.75) is 20.0 Å². The Morgan fingerprint density at radius 3 is 1.71 bits per heavy atom. The molecule has 0 aliphatic carbocycles. The first kappa shape index (κ1) is 16.2. The second-order valence-electron chi connectivity index (χ2n) is 3.67. The molecule has 0 bridgehead atoms. The minimum absolute atomic E-state index is 0.0914. The summed E-state index contributed by atoms with van der Waals surface area (Å²) in [6.45, 7) is 3.33. The van der Waals surface area contributed by atoms with Gasteiger partial charge in [-0.2, -0.15) is 0 Å². The number of rotatable bonds is 3. The Bertz CT molecular complexity index is 231. The van der Waals surface area contributed by atoms with Gasteiger partial charge >= 0.3 is 0 Å². The van der Waals surface area contributed by atoms with Crippen LogP contribution in [0.5, 0.6) is 0 Å². The molecule has 0 rings (SSSR count). The summed E-state index contributed by atoms with van der Waals surface area (Å²) in [7, 11) is 1.80. The van der Waals surface area contributed by atoms with Gasteiger partial charge in [0.25, 0.3) is 0 Å². The van der Waals surface area contributed by atoms with Crippen molar-refractivity contribution in [3.05, 3.63) is 0 Å². The van der Waals surface area contributed by atoms with Crippen LogP contribution in [0, 0.1) is 0 Å². The highest BCUT2D eigenvalue weighted by molar-refractivity contribution is 7.80. The lowest BCUT2D eigenvalue weighted by Gasteiger charge is -2.27. The van der Waals surface area contributed by atoms with Crippen LogP contribution < -0.4 is 5.73 Å². The highest BCUT2D eigenvalue weighted by Gasteiger charge is 2.10. The molecule has 0 aromatic heterocycles. The van der Waals surface area contributed by atoms with Gasteiger partial charge in [-0.3, -0.25) is 9.92 Å². The molecule has 88 valence electrons. The van der Waals surface area contributed by atoms with Gasteiger partial charge in [-0.25, -0.2) is 8.42 Å². The van der Waals surface area contributed by atoms with Gasteiger partial charge in [0.05, 0.1) is 27.7 Å². The second-order valence-corrected chi connectivity index (χ2v) is 4.72. The van der Waals surface area contributed by atoms with E-state index in [1.54, 1.807) is 0 Å². The lowest BCUT2D eigenvalue weighted by molar-refractivity contribution is -0.893. The molecule has 0 radical (unpaired) electrons. The first-order chi connectivity index (χ1) is 6.00. The van der Waals surface area contributed by atoms with E-state index in [1.165, 1.54) is 6.92 Å². The minimum atomic E-state index is -4.42. The van der Waals surface area contributed by atoms with Crippen molar-refractivity contribution in [3.8, 4) is 0 Å². The Hall–Kier alpha value is -0.210. The van der Waals surface area contributed by atoms with Crippen molar-refractivity contribution in [2.75, 3.05) is 27.7 Å². The highest BCUT2D eigenvalue weighted by Crippen LogP contribution is 1.91. The lowest BCUT2D eigenvalue weighted by atomic mass is 10.5. The maximum atomic E-state index is 9.45. The Morgan fingerprint density at radius 2 is 1.71 bits per heavy atom. The number of hydrogen-bond acceptors (Lipinski definition) is 5. The average Bonchev–Trinajstić information content (AvgIpc) is 1.82. The summed E-state index contributed by atoms with van der Waals surface area (Å²) in [4.78, 5) is 0. The van der Waals surface area contributed by atoms with Crippen molar-refractivity contribution < 1.29 is 21.6 Å². The van der Waals surface area contributed by atoms with Crippen molar-refractivity contribution in [1.29, 1.82) is 0 Å². The SMILES string of the molecule is CC(N)[N+](C)(C)C.CCOS(=O)(=O)[O-]. The zero-order valence-electron chi connectivity index (χ0n) is 9.35. The Labute approximate surface area is 86.2 Å². The van der Waals surface area contributed by atoms with E-state index in [4.69, 9.17) is 5.73 Å². The number of hydrogen-bond donors (Lipinski definition) is 1. The molecule has 0 spiro atoms. The van der Waals surface area contributed by atoms with E-state index in [9.17, 15) is 13.0 Å². The summed E-state index contributed by atoms with van der Waals surface area (Å²) in [5.74, 6) is 0. The van der Waals surface area contributed by atoms with Crippen LogP contribution in [0.15, 0.2) is 0 Å². The smallest absolute Gasteiger partial charge is 0.217 e. The van der Waals surface area contributed by atoms with Crippen LogP contribution in [0.3, 0.4) is 0 Å². The van der Waals surface area contributed by atoms with Crippen LogP contribution in [-0.2, 0) is 14.6 Å². The topological polar surface area (TPSA) is 92.5 Å². The fourth-order valence-corrected chi connectivity index (χ4v) is 0.433. The molecule has 0 saturated heterocycles. The predicted molar refractivity (Wildman–Crippen MR) is 53.0 cm³/mol. The number of nitrogens with two attached hydrogens (primary N) is 1. The van der Waals surface area contributed by atoms with Gasteiger partial charge in [-0.1, -0.05) is 0 Å². The molecule has 0 aliphatic rings. The molecule has 6 nitrogen and oxygen atoms in total. The molecule has 0 aromatic carbocycles. The van der Waals surface area contributed by atoms with Gasteiger partial charge in [0, 0.05) is 6.92 Å². The van der Waals surface area contributed by atoms with Crippen molar-refractivity contribution in [3.63, 3.8) is 0 Å². The first-order valence-electron chi connectivity index (χ1n) is 4.17. The van der Waals surface area contributed by atoms with Gasteiger partial charge in [0.15, 0.2) is 0 Å². The summed E-state index contributed by atoms with van der Waals surface area (Å²) in [6.07, 6.45) is 0.236. The fraction of sp³-hybridized carbons (Fsp3) is 1.00. The molecule has 0 aromatic rings. The normalized spacial score (nSPS) is 14.2. The van der Waals surface area contributed by atoms with Gasteiger partial charge in [-0.05, 0) is 6.92 Å². The van der Waals surface area contributed by atoms with Gasteiger partial charge < -0.3 is 9.04 Å². The molecule has 1 unspecified atom stereocenters. The monoisotopic (exact) mass is 228 g/mol. The van der Waals surface area contributed by atoms with E-state index in [1.807, 2.05) is 6.92 Å².